The molecule has 0 aromatic rings. The second-order valence-corrected chi connectivity index (χ2v) is 4.01. The molecule has 1 unspecified atom stereocenters. The molecule has 3 nitrogen and oxygen atoms in total. The molecule has 0 saturated carbocycles. The van der Waals surface area contributed by atoms with Gasteiger partial charge in [-0.15, -0.1) is 0 Å². The number of likely N-dealkylation sites (N-methyl/N-ethyl adjacent to an activating group) is 1. The maximum atomic E-state index is 11.6. The minimum absolute atomic E-state index is 0.0653. The molecule has 0 aromatic heterocycles. The smallest absolute Gasteiger partial charge is 0.239 e. The van der Waals surface area contributed by atoms with Crippen LogP contribution in [0.15, 0.2) is 0 Å². The summed E-state index contributed by atoms with van der Waals surface area (Å²) in [4.78, 5) is 13.3. The van der Waals surface area contributed by atoms with Crippen LogP contribution in [0.4, 0.5) is 0 Å². The number of hydrogen-bond donors (Lipinski definition) is 1. The van der Waals surface area contributed by atoms with Gasteiger partial charge >= 0.3 is 0 Å². The first-order valence-electron chi connectivity index (χ1n) is 4.99. The Hall–Kier alpha value is -0.570. The van der Waals surface area contributed by atoms with Crippen LogP contribution in [0.3, 0.4) is 0 Å². The number of carbonyl (C=O) groups is 1. The van der Waals surface area contributed by atoms with E-state index in [4.69, 9.17) is 5.73 Å². The molecule has 78 valence electrons. The van der Waals surface area contributed by atoms with Crippen LogP contribution in [-0.4, -0.2) is 30.4 Å². The molecule has 0 fully saturated rings. The Balaban J connectivity index is 3.94. The molecule has 13 heavy (non-hydrogen) atoms. The number of nitrogens with two attached hydrogens (primary N) is 1. The van der Waals surface area contributed by atoms with Crippen molar-refractivity contribution in [3.63, 3.8) is 0 Å². The Morgan fingerprint density at radius 3 is 2.38 bits per heavy atom. The molecule has 3 heteroatoms. The molecule has 0 spiro atoms. The van der Waals surface area contributed by atoms with Crippen molar-refractivity contribution in [2.24, 2.45) is 11.7 Å². The van der Waals surface area contributed by atoms with E-state index < -0.39 is 0 Å². The molecular weight excluding hydrogens is 164 g/mol. The molecule has 1 amide bonds. The topological polar surface area (TPSA) is 46.3 Å². The minimum atomic E-state index is -0.311. The molecule has 2 N–H and O–H groups in total. The highest BCUT2D eigenvalue weighted by Gasteiger charge is 2.17. The lowest BCUT2D eigenvalue weighted by Crippen LogP contribution is -2.42. The molecule has 0 aromatic carbocycles. The quantitative estimate of drug-likeness (QED) is 0.702. The van der Waals surface area contributed by atoms with Crippen molar-refractivity contribution in [2.75, 3.05) is 13.6 Å². The summed E-state index contributed by atoms with van der Waals surface area (Å²) in [6, 6.07) is -0.311. The molecule has 1 atom stereocenters. The summed E-state index contributed by atoms with van der Waals surface area (Å²) in [6.07, 6.45) is 1.74. The highest BCUT2D eigenvalue weighted by Crippen LogP contribution is 2.01. The van der Waals surface area contributed by atoms with Gasteiger partial charge in [0, 0.05) is 13.6 Å². The molecule has 0 rings (SSSR count). The van der Waals surface area contributed by atoms with E-state index in [9.17, 15) is 4.79 Å². The fourth-order valence-corrected chi connectivity index (χ4v) is 1.36. The Kier molecular flexibility index (Phi) is 5.71. The van der Waals surface area contributed by atoms with Gasteiger partial charge in [-0.2, -0.15) is 0 Å². The highest BCUT2D eigenvalue weighted by atomic mass is 16.2. The van der Waals surface area contributed by atoms with Gasteiger partial charge in [-0.3, -0.25) is 4.79 Å². The van der Waals surface area contributed by atoms with E-state index in [1.165, 1.54) is 0 Å². The van der Waals surface area contributed by atoms with E-state index in [2.05, 4.69) is 13.8 Å². The fourth-order valence-electron chi connectivity index (χ4n) is 1.36. The monoisotopic (exact) mass is 186 g/mol. The van der Waals surface area contributed by atoms with E-state index in [1.54, 1.807) is 4.90 Å². The predicted octanol–water partition coefficient (Wildman–Crippen LogP) is 1.23. The van der Waals surface area contributed by atoms with E-state index in [-0.39, 0.29) is 11.9 Å². The molecule has 0 aliphatic heterocycles. The SMILES string of the molecule is CCCC(N)C(=O)N(C)CC(C)C. The maximum Gasteiger partial charge on any atom is 0.239 e. The summed E-state index contributed by atoms with van der Waals surface area (Å²) in [5.74, 6) is 0.568. The molecule has 0 heterocycles. The van der Waals surface area contributed by atoms with Crippen LogP contribution < -0.4 is 5.73 Å². The molecule has 0 bridgehead atoms. The zero-order valence-corrected chi connectivity index (χ0v) is 9.21. The normalized spacial score (nSPS) is 13.1. The summed E-state index contributed by atoms with van der Waals surface area (Å²) in [5, 5.41) is 0. The molecule has 0 aliphatic rings. The highest BCUT2D eigenvalue weighted by molar-refractivity contribution is 5.81. The maximum absolute atomic E-state index is 11.6. The number of nitrogens with zero attached hydrogens (tertiary/aromatic N) is 1. The fraction of sp³-hybridized carbons (Fsp3) is 0.900. The Labute approximate surface area is 81.3 Å². The van der Waals surface area contributed by atoms with Gasteiger partial charge in [-0.1, -0.05) is 27.2 Å². The summed E-state index contributed by atoms with van der Waals surface area (Å²) < 4.78 is 0. The van der Waals surface area contributed by atoms with Gasteiger partial charge in [0.2, 0.25) is 5.91 Å². The first kappa shape index (κ1) is 12.4. The van der Waals surface area contributed by atoms with Gasteiger partial charge in [0.05, 0.1) is 6.04 Å². The predicted molar refractivity (Wildman–Crippen MR) is 55.4 cm³/mol. The van der Waals surface area contributed by atoms with Gasteiger partial charge in [0.1, 0.15) is 0 Å². The van der Waals surface area contributed by atoms with Gasteiger partial charge in [0.15, 0.2) is 0 Å². The van der Waals surface area contributed by atoms with Crippen molar-refractivity contribution in [3.8, 4) is 0 Å². The largest absolute Gasteiger partial charge is 0.344 e. The van der Waals surface area contributed by atoms with Crippen molar-refractivity contribution >= 4 is 5.91 Å². The molecule has 0 radical (unpaired) electrons. The van der Waals surface area contributed by atoms with Crippen LogP contribution in [0.25, 0.3) is 0 Å². The van der Waals surface area contributed by atoms with Crippen molar-refractivity contribution in [2.45, 2.75) is 39.7 Å². The number of amides is 1. The second-order valence-electron chi connectivity index (χ2n) is 4.01. The average molecular weight is 186 g/mol. The van der Waals surface area contributed by atoms with E-state index >= 15 is 0 Å². The van der Waals surface area contributed by atoms with Crippen molar-refractivity contribution in [1.29, 1.82) is 0 Å². The third-order valence-corrected chi connectivity index (χ3v) is 1.93. The van der Waals surface area contributed by atoms with E-state index in [1.807, 2.05) is 14.0 Å². The standard InChI is InChI=1S/C10H22N2O/c1-5-6-9(11)10(13)12(4)7-8(2)3/h8-9H,5-7,11H2,1-4H3. The summed E-state index contributed by atoms with van der Waals surface area (Å²) in [6.45, 7) is 7.01. The lowest BCUT2D eigenvalue weighted by Gasteiger charge is -2.22. The van der Waals surface area contributed by atoms with E-state index in [0.717, 1.165) is 19.4 Å². The first-order valence-corrected chi connectivity index (χ1v) is 4.99. The van der Waals surface area contributed by atoms with Crippen LogP contribution in [0.5, 0.6) is 0 Å². The van der Waals surface area contributed by atoms with Gasteiger partial charge in [-0.05, 0) is 12.3 Å². The van der Waals surface area contributed by atoms with Gasteiger partial charge in [-0.25, -0.2) is 0 Å². The Morgan fingerprint density at radius 2 is 2.00 bits per heavy atom. The van der Waals surface area contributed by atoms with Crippen molar-refractivity contribution in [3.05, 3.63) is 0 Å². The van der Waals surface area contributed by atoms with Crippen LogP contribution in [0.1, 0.15) is 33.6 Å². The van der Waals surface area contributed by atoms with Gasteiger partial charge < -0.3 is 10.6 Å². The zero-order valence-electron chi connectivity index (χ0n) is 9.21. The van der Waals surface area contributed by atoms with Crippen LogP contribution in [-0.2, 0) is 4.79 Å². The third-order valence-electron chi connectivity index (χ3n) is 1.93. The molecular formula is C10H22N2O. The number of rotatable bonds is 5. The summed E-state index contributed by atoms with van der Waals surface area (Å²) >= 11 is 0. The zero-order chi connectivity index (χ0) is 10.4. The van der Waals surface area contributed by atoms with Crippen LogP contribution in [0, 0.1) is 5.92 Å². The van der Waals surface area contributed by atoms with Gasteiger partial charge in [0.25, 0.3) is 0 Å². The third kappa shape index (κ3) is 4.88. The van der Waals surface area contributed by atoms with Crippen LogP contribution >= 0.6 is 0 Å². The van der Waals surface area contributed by atoms with E-state index in [0.29, 0.717) is 5.92 Å². The first-order chi connectivity index (χ1) is 5.99. The van der Waals surface area contributed by atoms with Crippen molar-refractivity contribution in [1.82, 2.24) is 4.90 Å². The summed E-state index contributed by atoms with van der Waals surface area (Å²) in [5.41, 5.74) is 5.71. The molecule has 0 saturated heterocycles. The van der Waals surface area contributed by atoms with Crippen LogP contribution in [0.2, 0.25) is 0 Å². The number of carbonyl (C=O) groups excluding carboxylic acids is 1. The van der Waals surface area contributed by atoms with Crippen molar-refractivity contribution < 1.29 is 4.79 Å². The number of hydrogen-bond acceptors (Lipinski definition) is 2. The second kappa shape index (κ2) is 5.97. The Bertz CT molecular complexity index is 157. The summed E-state index contributed by atoms with van der Waals surface area (Å²) in [7, 11) is 1.82. The average Bonchev–Trinajstić information content (AvgIpc) is 2.02. The lowest BCUT2D eigenvalue weighted by atomic mass is 10.1. The lowest BCUT2D eigenvalue weighted by molar-refractivity contribution is -0.131. The molecule has 0 aliphatic carbocycles. The minimum Gasteiger partial charge on any atom is -0.344 e. The Morgan fingerprint density at radius 1 is 1.46 bits per heavy atom.